The molecule has 0 aliphatic carbocycles. The van der Waals surface area contributed by atoms with Crippen molar-refractivity contribution in [2.75, 3.05) is 50.8 Å². The Bertz CT molecular complexity index is 807. The molecule has 1 N–H and O–H groups in total. The van der Waals surface area contributed by atoms with E-state index in [9.17, 15) is 19.2 Å². The summed E-state index contributed by atoms with van der Waals surface area (Å²) in [6.07, 6.45) is 1.86. The molecule has 1 atom stereocenters. The molecule has 31 heavy (non-hydrogen) atoms. The third-order valence-corrected chi connectivity index (χ3v) is 5.94. The SMILES string of the molecule is CC(CCC(=O)NC=O)N1Cc2cc(N3CCN(CCOCC=O)CC3)ccc2C1=O. The van der Waals surface area contributed by atoms with Gasteiger partial charge in [0.25, 0.3) is 5.91 Å². The van der Waals surface area contributed by atoms with Crippen molar-refractivity contribution in [3.63, 3.8) is 0 Å². The fraction of sp³-hybridized carbons (Fsp3) is 0.545. The van der Waals surface area contributed by atoms with Gasteiger partial charge in [-0.05, 0) is 37.1 Å². The molecule has 3 rings (SSSR count). The van der Waals surface area contributed by atoms with E-state index in [0.717, 1.165) is 55.8 Å². The maximum absolute atomic E-state index is 12.8. The van der Waals surface area contributed by atoms with Crippen LogP contribution in [-0.2, 0) is 25.7 Å². The molecule has 2 heterocycles. The summed E-state index contributed by atoms with van der Waals surface area (Å²) in [6, 6.07) is 5.91. The van der Waals surface area contributed by atoms with Crippen molar-refractivity contribution in [2.24, 2.45) is 0 Å². The number of carbonyl (C=O) groups excluding carboxylic acids is 4. The van der Waals surface area contributed by atoms with Gasteiger partial charge in [-0.1, -0.05) is 0 Å². The van der Waals surface area contributed by atoms with Gasteiger partial charge in [-0.15, -0.1) is 0 Å². The highest BCUT2D eigenvalue weighted by molar-refractivity contribution is 5.99. The summed E-state index contributed by atoms with van der Waals surface area (Å²) >= 11 is 0. The smallest absolute Gasteiger partial charge is 0.254 e. The second kappa shape index (κ2) is 11.0. The predicted molar refractivity (Wildman–Crippen MR) is 115 cm³/mol. The molecule has 1 fully saturated rings. The van der Waals surface area contributed by atoms with E-state index in [2.05, 4.69) is 21.2 Å². The predicted octanol–water partition coefficient (Wildman–Crippen LogP) is 0.421. The van der Waals surface area contributed by atoms with Crippen LogP contribution in [0.2, 0.25) is 0 Å². The number of nitrogens with zero attached hydrogens (tertiary/aromatic N) is 3. The van der Waals surface area contributed by atoms with Crippen molar-refractivity contribution in [2.45, 2.75) is 32.4 Å². The van der Waals surface area contributed by atoms with Gasteiger partial charge in [0, 0.05) is 63.0 Å². The highest BCUT2D eigenvalue weighted by Gasteiger charge is 2.31. The summed E-state index contributed by atoms with van der Waals surface area (Å²) < 4.78 is 5.23. The third-order valence-electron chi connectivity index (χ3n) is 5.94. The van der Waals surface area contributed by atoms with Crippen molar-refractivity contribution in [3.8, 4) is 0 Å². The van der Waals surface area contributed by atoms with E-state index >= 15 is 0 Å². The van der Waals surface area contributed by atoms with Gasteiger partial charge >= 0.3 is 0 Å². The number of nitrogens with one attached hydrogen (secondary N) is 1. The molecule has 2 aliphatic heterocycles. The number of hydrogen-bond donors (Lipinski definition) is 1. The van der Waals surface area contributed by atoms with Gasteiger partial charge in [0.1, 0.15) is 12.9 Å². The lowest BCUT2D eigenvalue weighted by molar-refractivity contribution is -0.125. The molecule has 1 unspecified atom stereocenters. The molecule has 0 aromatic heterocycles. The molecule has 9 heteroatoms. The lowest BCUT2D eigenvalue weighted by Gasteiger charge is -2.36. The Labute approximate surface area is 182 Å². The Morgan fingerprint density at radius 1 is 1.23 bits per heavy atom. The van der Waals surface area contributed by atoms with Crippen LogP contribution in [0.5, 0.6) is 0 Å². The standard InChI is InChI=1S/C22H30N4O5/c1-17(2-5-21(29)23-16-28)26-15-18-14-19(3-4-20(18)22(26)30)25-8-6-24(7-9-25)10-12-31-13-11-27/h3-4,11,14,16-17H,2,5-10,12-13,15H2,1H3,(H,23,28,29). The number of imide groups is 1. The molecule has 0 saturated carbocycles. The Hall–Kier alpha value is -2.78. The topological polar surface area (TPSA) is 99.3 Å². The number of rotatable bonds is 11. The first-order valence-corrected chi connectivity index (χ1v) is 10.7. The summed E-state index contributed by atoms with van der Waals surface area (Å²) in [7, 11) is 0. The molecule has 168 valence electrons. The van der Waals surface area contributed by atoms with E-state index in [-0.39, 0.29) is 30.9 Å². The molecular formula is C22H30N4O5. The fourth-order valence-corrected chi connectivity index (χ4v) is 4.07. The Morgan fingerprint density at radius 3 is 2.71 bits per heavy atom. The van der Waals surface area contributed by atoms with Crippen molar-refractivity contribution in [1.29, 1.82) is 0 Å². The van der Waals surface area contributed by atoms with Crippen molar-refractivity contribution in [1.82, 2.24) is 15.1 Å². The second-order valence-electron chi connectivity index (χ2n) is 7.92. The molecule has 3 amide bonds. The maximum Gasteiger partial charge on any atom is 0.254 e. The highest BCUT2D eigenvalue weighted by atomic mass is 16.5. The number of aldehydes is 1. The molecule has 9 nitrogen and oxygen atoms in total. The van der Waals surface area contributed by atoms with E-state index in [1.54, 1.807) is 4.90 Å². The van der Waals surface area contributed by atoms with Crippen LogP contribution in [0.4, 0.5) is 5.69 Å². The summed E-state index contributed by atoms with van der Waals surface area (Å²) in [4.78, 5) is 51.4. The van der Waals surface area contributed by atoms with Crippen LogP contribution < -0.4 is 10.2 Å². The zero-order valence-electron chi connectivity index (χ0n) is 17.9. The summed E-state index contributed by atoms with van der Waals surface area (Å²) in [6.45, 7) is 7.62. The average molecular weight is 431 g/mol. The highest BCUT2D eigenvalue weighted by Crippen LogP contribution is 2.30. The summed E-state index contributed by atoms with van der Waals surface area (Å²) in [5.74, 6) is -0.340. The Balaban J connectivity index is 1.53. The number of anilines is 1. The minimum Gasteiger partial charge on any atom is -0.373 e. The largest absolute Gasteiger partial charge is 0.373 e. The third kappa shape index (κ3) is 5.89. The van der Waals surface area contributed by atoms with Crippen molar-refractivity contribution in [3.05, 3.63) is 29.3 Å². The van der Waals surface area contributed by atoms with E-state index in [0.29, 0.717) is 26.0 Å². The van der Waals surface area contributed by atoms with Gasteiger partial charge in [0.05, 0.1) is 6.61 Å². The van der Waals surface area contributed by atoms with Crippen LogP contribution in [0.1, 0.15) is 35.7 Å². The van der Waals surface area contributed by atoms with Gasteiger partial charge < -0.3 is 19.3 Å². The molecule has 1 saturated heterocycles. The van der Waals surface area contributed by atoms with Crippen LogP contribution in [0.15, 0.2) is 18.2 Å². The Kier molecular flexibility index (Phi) is 8.13. The average Bonchev–Trinajstić information content (AvgIpc) is 3.11. The van der Waals surface area contributed by atoms with E-state index in [1.807, 2.05) is 19.1 Å². The molecular weight excluding hydrogens is 400 g/mol. The van der Waals surface area contributed by atoms with Crippen LogP contribution in [-0.4, -0.2) is 86.3 Å². The van der Waals surface area contributed by atoms with E-state index in [1.165, 1.54) is 0 Å². The summed E-state index contributed by atoms with van der Waals surface area (Å²) in [5.41, 5.74) is 2.85. The first kappa shape index (κ1) is 22.9. The van der Waals surface area contributed by atoms with Crippen LogP contribution in [0.25, 0.3) is 0 Å². The number of hydrogen-bond acceptors (Lipinski definition) is 7. The van der Waals surface area contributed by atoms with Crippen molar-refractivity contribution >= 4 is 30.2 Å². The van der Waals surface area contributed by atoms with Crippen LogP contribution in [0.3, 0.4) is 0 Å². The lowest BCUT2D eigenvalue weighted by Crippen LogP contribution is -2.47. The molecule has 0 radical (unpaired) electrons. The minimum atomic E-state index is -0.331. The number of fused-ring (bicyclic) bond motifs is 1. The Morgan fingerprint density at radius 2 is 2.00 bits per heavy atom. The van der Waals surface area contributed by atoms with Gasteiger partial charge in [-0.2, -0.15) is 0 Å². The number of piperazine rings is 1. The van der Waals surface area contributed by atoms with Crippen molar-refractivity contribution < 1.29 is 23.9 Å². The zero-order valence-corrected chi connectivity index (χ0v) is 17.9. The normalized spacial score (nSPS) is 17.4. The molecule has 1 aromatic carbocycles. The number of carbonyl (C=O) groups is 4. The number of amides is 3. The van der Waals surface area contributed by atoms with Crippen LogP contribution in [0, 0.1) is 0 Å². The van der Waals surface area contributed by atoms with Gasteiger partial charge in [-0.25, -0.2) is 0 Å². The van der Waals surface area contributed by atoms with Crippen LogP contribution >= 0.6 is 0 Å². The molecule has 0 bridgehead atoms. The molecule has 1 aromatic rings. The maximum atomic E-state index is 12.8. The van der Waals surface area contributed by atoms with Gasteiger partial charge in [0.2, 0.25) is 12.3 Å². The monoisotopic (exact) mass is 430 g/mol. The fourth-order valence-electron chi connectivity index (χ4n) is 4.07. The second-order valence-corrected chi connectivity index (χ2v) is 7.92. The van der Waals surface area contributed by atoms with Gasteiger partial charge in [0.15, 0.2) is 0 Å². The quantitative estimate of drug-likeness (QED) is 0.401. The minimum absolute atomic E-state index is 0.00927. The molecule has 2 aliphatic rings. The zero-order chi connectivity index (χ0) is 22.2. The van der Waals surface area contributed by atoms with E-state index in [4.69, 9.17) is 4.74 Å². The summed E-state index contributed by atoms with van der Waals surface area (Å²) in [5, 5.41) is 2.13. The number of ether oxygens (including phenoxy) is 1. The van der Waals surface area contributed by atoms with Gasteiger partial charge in [-0.3, -0.25) is 24.6 Å². The first-order chi connectivity index (χ1) is 15.0. The molecule has 0 spiro atoms. The van der Waals surface area contributed by atoms with E-state index < -0.39 is 0 Å². The first-order valence-electron chi connectivity index (χ1n) is 10.7. The lowest BCUT2D eigenvalue weighted by atomic mass is 10.1. The number of benzene rings is 1.